The van der Waals surface area contributed by atoms with Crippen molar-refractivity contribution in [1.82, 2.24) is 10.1 Å². The lowest BCUT2D eigenvalue weighted by atomic mass is 10.1. The molecule has 0 radical (unpaired) electrons. The van der Waals surface area contributed by atoms with E-state index in [0.29, 0.717) is 17.1 Å². The second kappa shape index (κ2) is 6.84. The van der Waals surface area contributed by atoms with E-state index in [2.05, 4.69) is 14.7 Å². The van der Waals surface area contributed by atoms with E-state index >= 15 is 0 Å². The van der Waals surface area contributed by atoms with Gasteiger partial charge >= 0.3 is 12.1 Å². The van der Waals surface area contributed by atoms with Gasteiger partial charge in [-0.3, -0.25) is 0 Å². The molecule has 0 saturated carbocycles. The summed E-state index contributed by atoms with van der Waals surface area (Å²) in [4.78, 5) is 3.37. The number of ether oxygens (including phenoxy) is 2. The number of hydrogen-bond donors (Lipinski definition) is 0. The molecule has 0 atom stereocenters. The quantitative estimate of drug-likeness (QED) is 0.685. The minimum atomic E-state index is -4.69. The standard InChI is InChI=1S/C17H13F3N2O3/c1-23-14-9-11(10-24-12-5-3-2-4-6-12)7-8-13(14)15-21-16(25-22-15)17(18,19)20/h2-9H,10H2,1H3. The van der Waals surface area contributed by atoms with E-state index in [1.165, 1.54) is 7.11 Å². The summed E-state index contributed by atoms with van der Waals surface area (Å²) in [6, 6.07) is 14.2. The van der Waals surface area contributed by atoms with E-state index in [1.54, 1.807) is 18.2 Å². The van der Waals surface area contributed by atoms with Crippen molar-refractivity contribution >= 4 is 0 Å². The van der Waals surface area contributed by atoms with Crippen LogP contribution in [0.25, 0.3) is 11.4 Å². The van der Waals surface area contributed by atoms with Crippen LogP contribution in [-0.4, -0.2) is 17.3 Å². The first-order valence-electron chi connectivity index (χ1n) is 7.23. The molecular weight excluding hydrogens is 337 g/mol. The summed E-state index contributed by atoms with van der Waals surface area (Å²) in [5.74, 6) is -0.567. The van der Waals surface area contributed by atoms with Gasteiger partial charge in [0.15, 0.2) is 0 Å². The first-order valence-corrected chi connectivity index (χ1v) is 7.23. The van der Waals surface area contributed by atoms with Gasteiger partial charge < -0.3 is 14.0 Å². The number of rotatable bonds is 5. The second-order valence-electron chi connectivity index (χ2n) is 5.06. The van der Waals surface area contributed by atoms with E-state index in [4.69, 9.17) is 9.47 Å². The molecule has 1 heterocycles. The van der Waals surface area contributed by atoms with E-state index in [0.717, 1.165) is 5.56 Å². The van der Waals surface area contributed by atoms with Crippen LogP contribution < -0.4 is 9.47 Å². The number of benzene rings is 2. The molecule has 0 N–H and O–H groups in total. The zero-order chi connectivity index (χ0) is 17.9. The maximum absolute atomic E-state index is 12.6. The average molecular weight is 350 g/mol. The Balaban J connectivity index is 1.81. The molecule has 3 rings (SSSR count). The Morgan fingerprint density at radius 2 is 1.84 bits per heavy atom. The van der Waals surface area contributed by atoms with Crippen molar-refractivity contribution < 1.29 is 27.2 Å². The molecule has 0 amide bonds. The number of aromatic nitrogens is 2. The first kappa shape index (κ1) is 16.8. The largest absolute Gasteiger partial charge is 0.496 e. The minimum Gasteiger partial charge on any atom is -0.496 e. The summed E-state index contributed by atoms with van der Waals surface area (Å²) in [6.45, 7) is 0.278. The molecule has 3 aromatic rings. The smallest absolute Gasteiger partial charge is 0.471 e. The molecule has 0 aliphatic rings. The van der Waals surface area contributed by atoms with Crippen molar-refractivity contribution in [3.05, 3.63) is 60.0 Å². The summed E-state index contributed by atoms with van der Waals surface area (Å²) in [5, 5.41) is 3.37. The Kier molecular flexibility index (Phi) is 4.60. The predicted octanol–water partition coefficient (Wildman–Crippen LogP) is 4.34. The highest BCUT2D eigenvalue weighted by Crippen LogP contribution is 2.33. The summed E-state index contributed by atoms with van der Waals surface area (Å²) in [7, 11) is 1.41. The molecule has 8 heteroatoms. The van der Waals surface area contributed by atoms with Crippen molar-refractivity contribution in [3.63, 3.8) is 0 Å². The SMILES string of the molecule is COc1cc(COc2ccccc2)ccc1-c1noc(C(F)(F)F)n1. The lowest BCUT2D eigenvalue weighted by Gasteiger charge is -2.10. The van der Waals surface area contributed by atoms with Crippen LogP contribution in [0.5, 0.6) is 11.5 Å². The highest BCUT2D eigenvalue weighted by molar-refractivity contribution is 5.64. The normalized spacial score (nSPS) is 11.4. The van der Waals surface area contributed by atoms with Gasteiger partial charge in [0.25, 0.3) is 0 Å². The van der Waals surface area contributed by atoms with E-state index in [-0.39, 0.29) is 12.4 Å². The highest BCUT2D eigenvalue weighted by Gasteiger charge is 2.38. The van der Waals surface area contributed by atoms with Crippen molar-refractivity contribution in [3.8, 4) is 22.9 Å². The van der Waals surface area contributed by atoms with Gasteiger partial charge in [0.1, 0.15) is 18.1 Å². The Hall–Kier alpha value is -3.03. The molecule has 5 nitrogen and oxygen atoms in total. The van der Waals surface area contributed by atoms with Crippen molar-refractivity contribution in [2.75, 3.05) is 7.11 Å². The van der Waals surface area contributed by atoms with Gasteiger partial charge in [-0.05, 0) is 29.8 Å². The lowest BCUT2D eigenvalue weighted by Crippen LogP contribution is -2.05. The lowest BCUT2D eigenvalue weighted by molar-refractivity contribution is -0.159. The van der Waals surface area contributed by atoms with Gasteiger partial charge in [-0.2, -0.15) is 18.2 Å². The monoisotopic (exact) mass is 350 g/mol. The molecule has 0 bridgehead atoms. The van der Waals surface area contributed by atoms with Gasteiger partial charge in [0.2, 0.25) is 5.82 Å². The van der Waals surface area contributed by atoms with Gasteiger partial charge in [-0.1, -0.05) is 29.4 Å². The van der Waals surface area contributed by atoms with Gasteiger partial charge in [-0.15, -0.1) is 0 Å². The van der Waals surface area contributed by atoms with Crippen LogP contribution in [0.15, 0.2) is 53.1 Å². The molecule has 0 unspecified atom stereocenters. The number of methoxy groups -OCH3 is 1. The van der Waals surface area contributed by atoms with Crippen molar-refractivity contribution in [2.45, 2.75) is 12.8 Å². The molecule has 0 aliphatic heterocycles. The molecule has 2 aromatic carbocycles. The number of para-hydroxylation sites is 1. The van der Waals surface area contributed by atoms with Crippen LogP contribution in [0, 0.1) is 0 Å². The molecule has 0 aliphatic carbocycles. The number of halogens is 3. The first-order chi connectivity index (χ1) is 12.0. The topological polar surface area (TPSA) is 57.4 Å². The zero-order valence-corrected chi connectivity index (χ0v) is 13.1. The van der Waals surface area contributed by atoms with Crippen LogP contribution in [0.2, 0.25) is 0 Å². The zero-order valence-electron chi connectivity index (χ0n) is 13.1. The van der Waals surface area contributed by atoms with Crippen LogP contribution in [0.4, 0.5) is 13.2 Å². The number of alkyl halides is 3. The fraction of sp³-hybridized carbons (Fsp3) is 0.176. The molecule has 25 heavy (non-hydrogen) atoms. The van der Waals surface area contributed by atoms with Crippen molar-refractivity contribution in [1.29, 1.82) is 0 Å². The Morgan fingerprint density at radius 1 is 1.08 bits per heavy atom. The molecule has 0 fully saturated rings. The average Bonchev–Trinajstić information content (AvgIpc) is 3.11. The number of nitrogens with zero attached hydrogens (tertiary/aromatic N) is 2. The van der Waals surface area contributed by atoms with Gasteiger partial charge in [0.05, 0.1) is 12.7 Å². The Morgan fingerprint density at radius 3 is 2.48 bits per heavy atom. The maximum Gasteiger partial charge on any atom is 0.471 e. The molecule has 0 spiro atoms. The van der Waals surface area contributed by atoms with Crippen LogP contribution in [-0.2, 0) is 12.8 Å². The van der Waals surface area contributed by atoms with Crippen LogP contribution in [0.1, 0.15) is 11.5 Å². The van der Waals surface area contributed by atoms with Crippen LogP contribution in [0.3, 0.4) is 0 Å². The molecular formula is C17H13F3N2O3. The molecule has 1 aromatic heterocycles. The van der Waals surface area contributed by atoms with E-state index < -0.39 is 12.1 Å². The summed E-state index contributed by atoms with van der Waals surface area (Å²) >= 11 is 0. The van der Waals surface area contributed by atoms with E-state index in [1.807, 2.05) is 30.3 Å². The van der Waals surface area contributed by atoms with Gasteiger partial charge in [0, 0.05) is 0 Å². The third kappa shape index (κ3) is 3.90. The second-order valence-corrected chi connectivity index (χ2v) is 5.06. The molecule has 0 saturated heterocycles. The van der Waals surface area contributed by atoms with Gasteiger partial charge in [-0.25, -0.2) is 0 Å². The van der Waals surface area contributed by atoms with E-state index in [9.17, 15) is 13.2 Å². The summed E-state index contributed by atoms with van der Waals surface area (Å²) in [5.41, 5.74) is 1.08. The fourth-order valence-corrected chi connectivity index (χ4v) is 2.14. The summed E-state index contributed by atoms with van der Waals surface area (Å²) < 4.78 is 52.9. The fourth-order valence-electron chi connectivity index (χ4n) is 2.14. The summed E-state index contributed by atoms with van der Waals surface area (Å²) in [6.07, 6.45) is -4.69. The number of hydrogen-bond acceptors (Lipinski definition) is 5. The Labute approximate surface area is 141 Å². The van der Waals surface area contributed by atoms with Crippen molar-refractivity contribution in [2.24, 2.45) is 0 Å². The Bertz CT molecular complexity index is 848. The predicted molar refractivity (Wildman–Crippen MR) is 82.1 cm³/mol. The maximum atomic E-state index is 12.6. The highest BCUT2D eigenvalue weighted by atomic mass is 19.4. The minimum absolute atomic E-state index is 0.195. The molecule has 130 valence electrons. The third-order valence-corrected chi connectivity index (χ3v) is 3.32. The van der Waals surface area contributed by atoms with Crippen LogP contribution >= 0.6 is 0 Å². The third-order valence-electron chi connectivity index (χ3n) is 3.32.